The van der Waals surface area contributed by atoms with Gasteiger partial charge in [-0.25, -0.2) is 4.79 Å². The highest BCUT2D eigenvalue weighted by molar-refractivity contribution is 6.30. The van der Waals surface area contributed by atoms with Gasteiger partial charge in [-0.15, -0.1) is 0 Å². The van der Waals surface area contributed by atoms with Gasteiger partial charge in [-0.3, -0.25) is 0 Å². The predicted molar refractivity (Wildman–Crippen MR) is 85.7 cm³/mol. The van der Waals surface area contributed by atoms with Crippen LogP contribution in [-0.4, -0.2) is 25.3 Å². The van der Waals surface area contributed by atoms with Crippen molar-refractivity contribution >= 4 is 23.1 Å². The van der Waals surface area contributed by atoms with E-state index in [1.54, 1.807) is 49.6 Å². The molecule has 0 heterocycles. The Morgan fingerprint density at radius 3 is 2.14 bits per heavy atom. The molecule has 2 aromatic rings. The summed E-state index contributed by atoms with van der Waals surface area (Å²) in [7, 11) is 3.08. The average Bonchev–Trinajstić information content (AvgIpc) is 2.52. The van der Waals surface area contributed by atoms with E-state index in [-0.39, 0.29) is 0 Å². The first-order valence-corrected chi connectivity index (χ1v) is 6.86. The van der Waals surface area contributed by atoms with Crippen molar-refractivity contribution in [2.75, 3.05) is 14.2 Å². The summed E-state index contributed by atoms with van der Waals surface area (Å²) in [6.07, 6.45) is 1.16. The maximum Gasteiger partial charge on any atom is 0.328 e. The highest BCUT2D eigenvalue weighted by atomic mass is 35.5. The Morgan fingerprint density at radius 2 is 1.59 bits per heavy atom. The SMILES string of the molecule is COc1ccc(/C(=C\C(=O)O)c2ccc(Cl)cc2)cc1OC. The zero-order chi connectivity index (χ0) is 16.1. The fraction of sp³-hybridized carbons (Fsp3) is 0.118. The highest BCUT2D eigenvalue weighted by Gasteiger charge is 2.11. The lowest BCUT2D eigenvalue weighted by Crippen LogP contribution is -1.97. The molecule has 2 rings (SSSR count). The molecule has 0 saturated heterocycles. The van der Waals surface area contributed by atoms with Gasteiger partial charge < -0.3 is 14.6 Å². The molecule has 0 atom stereocenters. The molecule has 4 nitrogen and oxygen atoms in total. The molecule has 5 heteroatoms. The summed E-state index contributed by atoms with van der Waals surface area (Å²) in [6, 6.07) is 12.2. The van der Waals surface area contributed by atoms with E-state index in [2.05, 4.69) is 0 Å². The molecule has 0 saturated carbocycles. The summed E-state index contributed by atoms with van der Waals surface area (Å²) in [5.41, 5.74) is 2.02. The van der Waals surface area contributed by atoms with Crippen LogP contribution in [-0.2, 0) is 4.79 Å². The third-order valence-electron chi connectivity index (χ3n) is 3.12. The molecule has 0 aliphatic carbocycles. The van der Waals surface area contributed by atoms with Gasteiger partial charge in [0.1, 0.15) is 0 Å². The molecule has 0 bridgehead atoms. The van der Waals surface area contributed by atoms with Gasteiger partial charge in [0.05, 0.1) is 14.2 Å². The van der Waals surface area contributed by atoms with E-state index in [9.17, 15) is 4.79 Å². The van der Waals surface area contributed by atoms with Crippen LogP contribution < -0.4 is 9.47 Å². The molecular formula is C17H15ClO4. The fourth-order valence-electron chi connectivity index (χ4n) is 2.09. The van der Waals surface area contributed by atoms with Crippen molar-refractivity contribution in [3.05, 3.63) is 64.7 Å². The molecule has 114 valence electrons. The van der Waals surface area contributed by atoms with Crippen LogP contribution in [0.2, 0.25) is 5.02 Å². The van der Waals surface area contributed by atoms with E-state index in [1.165, 1.54) is 7.11 Å². The van der Waals surface area contributed by atoms with Gasteiger partial charge in [-0.1, -0.05) is 29.8 Å². The highest BCUT2D eigenvalue weighted by Crippen LogP contribution is 2.33. The predicted octanol–water partition coefficient (Wildman–Crippen LogP) is 3.87. The Hall–Kier alpha value is -2.46. The van der Waals surface area contributed by atoms with E-state index in [0.717, 1.165) is 11.6 Å². The molecule has 0 amide bonds. The number of carboxylic acid groups (broad SMARTS) is 1. The molecular weight excluding hydrogens is 304 g/mol. The molecule has 0 aliphatic rings. The molecule has 0 aliphatic heterocycles. The number of hydrogen-bond donors (Lipinski definition) is 1. The van der Waals surface area contributed by atoms with Crippen molar-refractivity contribution in [3.63, 3.8) is 0 Å². The number of carboxylic acids is 1. The largest absolute Gasteiger partial charge is 0.493 e. The molecule has 0 aromatic heterocycles. The first-order valence-electron chi connectivity index (χ1n) is 6.48. The second-order valence-corrected chi connectivity index (χ2v) is 4.91. The Morgan fingerprint density at radius 1 is 1.00 bits per heavy atom. The first-order chi connectivity index (χ1) is 10.5. The number of carbonyl (C=O) groups is 1. The number of benzene rings is 2. The molecule has 2 aromatic carbocycles. The zero-order valence-corrected chi connectivity index (χ0v) is 12.9. The van der Waals surface area contributed by atoms with Crippen LogP contribution in [0, 0.1) is 0 Å². The standard InChI is InChI=1S/C17H15ClO4/c1-21-15-8-5-12(9-16(15)22-2)14(10-17(19)20)11-3-6-13(18)7-4-11/h3-10H,1-2H3,(H,19,20)/b14-10-. The molecule has 22 heavy (non-hydrogen) atoms. The quantitative estimate of drug-likeness (QED) is 0.850. The van der Waals surface area contributed by atoms with Gasteiger partial charge in [0, 0.05) is 11.1 Å². The summed E-state index contributed by atoms with van der Waals surface area (Å²) in [5.74, 6) is 0.0852. The maximum atomic E-state index is 11.1. The van der Waals surface area contributed by atoms with Crippen LogP contribution in [0.4, 0.5) is 0 Å². The molecule has 0 unspecified atom stereocenters. The second kappa shape index (κ2) is 7.00. The lowest BCUT2D eigenvalue weighted by atomic mass is 9.97. The smallest absolute Gasteiger partial charge is 0.328 e. The molecule has 1 N–H and O–H groups in total. The van der Waals surface area contributed by atoms with E-state index >= 15 is 0 Å². The van der Waals surface area contributed by atoms with Gasteiger partial charge in [0.25, 0.3) is 0 Å². The Kier molecular flexibility index (Phi) is 5.07. The number of ether oxygens (including phenoxy) is 2. The topological polar surface area (TPSA) is 55.8 Å². The minimum absolute atomic E-state index is 0.533. The van der Waals surface area contributed by atoms with E-state index in [1.807, 2.05) is 0 Å². The monoisotopic (exact) mass is 318 g/mol. The summed E-state index contributed by atoms with van der Waals surface area (Å²) < 4.78 is 10.5. The summed E-state index contributed by atoms with van der Waals surface area (Å²) in [4.78, 5) is 11.1. The van der Waals surface area contributed by atoms with Gasteiger partial charge in [-0.05, 0) is 41.0 Å². The maximum absolute atomic E-state index is 11.1. The van der Waals surface area contributed by atoms with Gasteiger partial charge in [0.2, 0.25) is 0 Å². The van der Waals surface area contributed by atoms with Crippen LogP contribution in [0.25, 0.3) is 5.57 Å². The van der Waals surface area contributed by atoms with Crippen LogP contribution in [0.5, 0.6) is 11.5 Å². The molecule has 0 fully saturated rings. The molecule has 0 radical (unpaired) electrons. The fourth-order valence-corrected chi connectivity index (χ4v) is 2.22. The zero-order valence-electron chi connectivity index (χ0n) is 12.2. The van der Waals surface area contributed by atoms with Crippen molar-refractivity contribution < 1.29 is 19.4 Å². The average molecular weight is 319 g/mol. The number of methoxy groups -OCH3 is 2. The Bertz CT molecular complexity index is 705. The van der Waals surface area contributed by atoms with Gasteiger partial charge in [0.15, 0.2) is 11.5 Å². The lowest BCUT2D eigenvalue weighted by molar-refractivity contribution is -0.131. The van der Waals surface area contributed by atoms with Crippen LogP contribution in [0.1, 0.15) is 11.1 Å². The Balaban J connectivity index is 2.55. The summed E-state index contributed by atoms with van der Waals surface area (Å²) in [6.45, 7) is 0. The van der Waals surface area contributed by atoms with Crippen LogP contribution in [0.15, 0.2) is 48.5 Å². The Labute approximate surface area is 133 Å². The normalized spacial score (nSPS) is 11.1. The second-order valence-electron chi connectivity index (χ2n) is 4.47. The van der Waals surface area contributed by atoms with Crippen LogP contribution in [0.3, 0.4) is 0 Å². The van der Waals surface area contributed by atoms with Crippen molar-refractivity contribution in [2.45, 2.75) is 0 Å². The van der Waals surface area contributed by atoms with Crippen LogP contribution >= 0.6 is 11.6 Å². The van der Waals surface area contributed by atoms with Crippen molar-refractivity contribution in [3.8, 4) is 11.5 Å². The van der Waals surface area contributed by atoms with Gasteiger partial charge in [-0.2, -0.15) is 0 Å². The van der Waals surface area contributed by atoms with E-state index in [4.69, 9.17) is 26.2 Å². The minimum atomic E-state index is -1.03. The lowest BCUT2D eigenvalue weighted by Gasteiger charge is -2.12. The third-order valence-corrected chi connectivity index (χ3v) is 3.37. The minimum Gasteiger partial charge on any atom is -0.493 e. The van der Waals surface area contributed by atoms with Crippen molar-refractivity contribution in [2.24, 2.45) is 0 Å². The van der Waals surface area contributed by atoms with Crippen molar-refractivity contribution in [1.29, 1.82) is 0 Å². The van der Waals surface area contributed by atoms with Gasteiger partial charge >= 0.3 is 5.97 Å². The van der Waals surface area contributed by atoms with Crippen molar-refractivity contribution in [1.82, 2.24) is 0 Å². The summed E-state index contributed by atoms with van der Waals surface area (Å²) in [5, 5.41) is 9.72. The molecule has 0 spiro atoms. The first kappa shape index (κ1) is 15.9. The number of halogens is 1. The van der Waals surface area contributed by atoms with E-state index < -0.39 is 5.97 Å². The summed E-state index contributed by atoms with van der Waals surface area (Å²) >= 11 is 5.88. The number of hydrogen-bond acceptors (Lipinski definition) is 3. The third kappa shape index (κ3) is 3.59. The number of aliphatic carboxylic acids is 1. The number of rotatable bonds is 5. The van der Waals surface area contributed by atoms with E-state index in [0.29, 0.717) is 27.7 Å².